The third kappa shape index (κ3) is 4.81. The van der Waals surface area contributed by atoms with Crippen molar-refractivity contribution in [1.29, 1.82) is 0 Å². The summed E-state index contributed by atoms with van der Waals surface area (Å²) in [5.74, 6) is -1.69. The van der Waals surface area contributed by atoms with Crippen molar-refractivity contribution in [2.45, 2.75) is 25.8 Å². The Morgan fingerprint density at radius 1 is 1.24 bits per heavy atom. The Labute approximate surface area is 183 Å². The van der Waals surface area contributed by atoms with Crippen LogP contribution in [0.3, 0.4) is 0 Å². The Hall–Kier alpha value is -4.29. The van der Waals surface area contributed by atoms with Crippen LogP contribution in [-0.2, 0) is 24.4 Å². The molecule has 0 saturated carbocycles. The number of rotatable bonds is 7. The Kier molecular flexibility index (Phi) is 5.54. The lowest BCUT2D eigenvalue weighted by molar-refractivity contribution is -0.140. The van der Waals surface area contributed by atoms with Gasteiger partial charge in [0.05, 0.1) is 23.3 Å². The second-order valence-corrected chi connectivity index (χ2v) is 7.17. The minimum Gasteiger partial charge on any atom is -0.480 e. The first-order valence-electron chi connectivity index (χ1n) is 9.54. The molecule has 13 heteroatoms. The van der Waals surface area contributed by atoms with E-state index in [2.05, 4.69) is 15.5 Å². The molecule has 4 N–H and O–H groups in total. The number of carbonyl (C=O) groups excluding carboxylic acids is 1. The van der Waals surface area contributed by atoms with Gasteiger partial charge in [0.25, 0.3) is 5.91 Å². The van der Waals surface area contributed by atoms with Crippen molar-refractivity contribution >= 4 is 28.5 Å². The standard InChI is InChI=1S/C20H17F3N6O4/c21-20(22,23)10-29-14-3-1-2-13(24)12(14)6-15(29)18-26-16(33-27-18)7-25-19(32)11-4-5-28(8-11)9-17(30)31/h1-6,8H,7,9-10,24H2,(H,25,32)(H,30,31). The Morgan fingerprint density at radius 2 is 2.03 bits per heavy atom. The van der Waals surface area contributed by atoms with Crippen molar-refractivity contribution < 1.29 is 32.4 Å². The van der Waals surface area contributed by atoms with E-state index in [1.54, 1.807) is 12.1 Å². The average molecular weight is 462 g/mol. The number of hydrogen-bond donors (Lipinski definition) is 3. The topological polar surface area (TPSA) is 141 Å². The highest BCUT2D eigenvalue weighted by Gasteiger charge is 2.31. The van der Waals surface area contributed by atoms with Crippen LogP contribution in [0.1, 0.15) is 16.2 Å². The molecule has 3 heterocycles. The molecule has 0 spiro atoms. The van der Waals surface area contributed by atoms with E-state index in [4.69, 9.17) is 15.4 Å². The molecule has 0 unspecified atom stereocenters. The molecule has 33 heavy (non-hydrogen) atoms. The van der Waals surface area contributed by atoms with E-state index in [1.807, 2.05) is 0 Å². The van der Waals surface area contributed by atoms with Crippen LogP contribution in [0, 0.1) is 0 Å². The van der Waals surface area contributed by atoms with Gasteiger partial charge in [-0.25, -0.2) is 0 Å². The van der Waals surface area contributed by atoms with Crippen LogP contribution < -0.4 is 11.1 Å². The number of nitrogen functional groups attached to an aromatic ring is 1. The van der Waals surface area contributed by atoms with Gasteiger partial charge in [0.2, 0.25) is 11.7 Å². The summed E-state index contributed by atoms with van der Waals surface area (Å²) in [6.07, 6.45) is -1.69. The minimum atomic E-state index is -4.50. The molecule has 4 rings (SSSR count). The number of halogens is 3. The molecule has 0 aliphatic rings. The first-order valence-corrected chi connectivity index (χ1v) is 9.54. The second kappa shape index (κ2) is 8.33. The van der Waals surface area contributed by atoms with Crippen molar-refractivity contribution in [3.05, 3.63) is 54.2 Å². The molecule has 0 fully saturated rings. The number of alkyl halides is 3. The summed E-state index contributed by atoms with van der Waals surface area (Å²) >= 11 is 0. The Morgan fingerprint density at radius 3 is 2.76 bits per heavy atom. The fourth-order valence-electron chi connectivity index (χ4n) is 3.36. The number of hydrogen-bond acceptors (Lipinski definition) is 6. The number of carboxylic acids is 1. The van der Waals surface area contributed by atoms with Crippen LogP contribution in [0.4, 0.5) is 18.9 Å². The number of carboxylic acid groups (broad SMARTS) is 1. The largest absolute Gasteiger partial charge is 0.480 e. The van der Waals surface area contributed by atoms with Gasteiger partial charge < -0.3 is 29.8 Å². The van der Waals surface area contributed by atoms with E-state index in [0.29, 0.717) is 11.1 Å². The monoisotopic (exact) mass is 462 g/mol. The van der Waals surface area contributed by atoms with Gasteiger partial charge >= 0.3 is 12.1 Å². The summed E-state index contributed by atoms with van der Waals surface area (Å²) in [5.41, 5.74) is 6.77. The SMILES string of the molecule is Nc1cccc2c1cc(-c1noc(CNC(=O)c3ccn(CC(=O)O)c3)n1)n2CC(F)(F)F. The maximum Gasteiger partial charge on any atom is 0.406 e. The number of benzene rings is 1. The smallest absolute Gasteiger partial charge is 0.406 e. The molecular formula is C20H17F3N6O4. The van der Waals surface area contributed by atoms with Gasteiger partial charge in [-0.05, 0) is 24.3 Å². The van der Waals surface area contributed by atoms with E-state index in [1.165, 1.54) is 35.2 Å². The predicted molar refractivity (Wildman–Crippen MR) is 109 cm³/mol. The molecule has 1 amide bonds. The van der Waals surface area contributed by atoms with Crippen LogP contribution in [0.5, 0.6) is 0 Å². The summed E-state index contributed by atoms with van der Waals surface area (Å²) in [6, 6.07) is 7.53. The zero-order chi connectivity index (χ0) is 23.8. The molecule has 4 aromatic rings. The first kappa shape index (κ1) is 21.9. The molecule has 0 saturated heterocycles. The third-order valence-corrected chi connectivity index (χ3v) is 4.74. The van der Waals surface area contributed by atoms with Gasteiger partial charge in [-0.1, -0.05) is 11.2 Å². The number of fused-ring (bicyclic) bond motifs is 1. The first-order chi connectivity index (χ1) is 15.6. The van der Waals surface area contributed by atoms with E-state index in [0.717, 1.165) is 4.57 Å². The van der Waals surface area contributed by atoms with E-state index < -0.39 is 24.6 Å². The number of aromatic nitrogens is 4. The third-order valence-electron chi connectivity index (χ3n) is 4.74. The summed E-state index contributed by atoms with van der Waals surface area (Å²) in [5, 5.41) is 15.5. The molecule has 0 aliphatic carbocycles. The predicted octanol–water partition coefficient (Wildman–Crippen LogP) is 2.65. The lowest BCUT2D eigenvalue weighted by atomic mass is 10.2. The molecule has 172 valence electrons. The number of amides is 1. The number of nitrogens with zero attached hydrogens (tertiary/aromatic N) is 4. The van der Waals surface area contributed by atoms with Gasteiger partial charge in [0, 0.05) is 23.5 Å². The van der Waals surface area contributed by atoms with Crippen molar-refractivity contribution in [2.24, 2.45) is 0 Å². The Bertz CT molecular complexity index is 1340. The van der Waals surface area contributed by atoms with Crippen LogP contribution in [0.15, 0.2) is 47.2 Å². The molecule has 0 radical (unpaired) electrons. The fourth-order valence-corrected chi connectivity index (χ4v) is 3.36. The van der Waals surface area contributed by atoms with Gasteiger partial charge in [0.15, 0.2) is 0 Å². The minimum absolute atomic E-state index is 0.0277. The summed E-state index contributed by atoms with van der Waals surface area (Å²) in [7, 11) is 0. The molecule has 0 atom stereocenters. The maximum absolute atomic E-state index is 13.2. The maximum atomic E-state index is 13.2. The van der Waals surface area contributed by atoms with E-state index in [9.17, 15) is 22.8 Å². The zero-order valence-electron chi connectivity index (χ0n) is 16.8. The lowest BCUT2D eigenvalue weighted by Crippen LogP contribution is -2.22. The summed E-state index contributed by atoms with van der Waals surface area (Å²) in [4.78, 5) is 27.1. The van der Waals surface area contributed by atoms with Gasteiger partial charge in [-0.3, -0.25) is 9.59 Å². The normalized spacial score (nSPS) is 11.7. The summed E-state index contributed by atoms with van der Waals surface area (Å²) < 4.78 is 47.0. The van der Waals surface area contributed by atoms with Crippen molar-refractivity contribution in [1.82, 2.24) is 24.6 Å². The van der Waals surface area contributed by atoms with E-state index in [-0.39, 0.29) is 41.6 Å². The Balaban J connectivity index is 1.54. The second-order valence-electron chi connectivity index (χ2n) is 7.17. The average Bonchev–Trinajstić information content (AvgIpc) is 3.44. The fraction of sp³-hybridized carbons (Fsp3) is 0.200. The molecule has 0 bridgehead atoms. The lowest BCUT2D eigenvalue weighted by Gasteiger charge is -2.11. The van der Waals surface area contributed by atoms with Crippen LogP contribution in [0.2, 0.25) is 0 Å². The number of aliphatic carboxylic acids is 1. The zero-order valence-corrected chi connectivity index (χ0v) is 16.8. The van der Waals surface area contributed by atoms with Gasteiger partial charge in [-0.15, -0.1) is 0 Å². The molecule has 3 aromatic heterocycles. The summed E-state index contributed by atoms with van der Waals surface area (Å²) in [6.45, 7) is -1.75. The molecule has 1 aromatic carbocycles. The van der Waals surface area contributed by atoms with E-state index >= 15 is 0 Å². The number of anilines is 1. The van der Waals surface area contributed by atoms with Crippen molar-refractivity contribution in [3.63, 3.8) is 0 Å². The van der Waals surface area contributed by atoms with Gasteiger partial charge in [-0.2, -0.15) is 18.2 Å². The van der Waals surface area contributed by atoms with Crippen molar-refractivity contribution in [2.75, 3.05) is 5.73 Å². The number of nitrogens with two attached hydrogens (primary N) is 1. The molecule has 10 nitrogen and oxygen atoms in total. The van der Waals surface area contributed by atoms with Gasteiger partial charge in [0.1, 0.15) is 13.1 Å². The number of carbonyl (C=O) groups is 2. The van der Waals surface area contributed by atoms with Crippen molar-refractivity contribution in [3.8, 4) is 11.5 Å². The van der Waals surface area contributed by atoms with Crippen LogP contribution in [0.25, 0.3) is 22.4 Å². The highest BCUT2D eigenvalue weighted by molar-refractivity contribution is 5.95. The highest BCUT2D eigenvalue weighted by Crippen LogP contribution is 2.32. The highest BCUT2D eigenvalue weighted by atomic mass is 19.4. The quantitative estimate of drug-likeness (QED) is 0.359. The van der Waals surface area contributed by atoms with Crippen LogP contribution >= 0.6 is 0 Å². The van der Waals surface area contributed by atoms with Crippen LogP contribution in [-0.4, -0.2) is 42.4 Å². The molecular weight excluding hydrogens is 445 g/mol. The molecule has 0 aliphatic heterocycles. The number of nitrogens with one attached hydrogen (secondary N) is 1.